The SMILES string of the molecule is Cc1nc2c(c(=O)[nH]1)CN(Cc1ccc3c4ccccc4n(C)c3c1)CC2. The summed E-state index contributed by atoms with van der Waals surface area (Å²) >= 11 is 0. The van der Waals surface area contributed by atoms with Crippen molar-refractivity contribution in [3.05, 3.63) is 75.5 Å². The number of hydrogen-bond donors (Lipinski definition) is 1. The molecule has 2 aromatic heterocycles. The molecule has 0 saturated carbocycles. The summed E-state index contributed by atoms with van der Waals surface area (Å²) in [6.45, 7) is 4.26. The average Bonchev–Trinajstić information content (AvgIpc) is 2.95. The van der Waals surface area contributed by atoms with Crippen LogP contribution in [0, 0.1) is 6.92 Å². The zero-order valence-corrected chi connectivity index (χ0v) is 15.6. The van der Waals surface area contributed by atoms with Gasteiger partial charge in [-0.1, -0.05) is 30.3 Å². The van der Waals surface area contributed by atoms with Crippen molar-refractivity contribution in [2.75, 3.05) is 6.54 Å². The topological polar surface area (TPSA) is 53.9 Å². The molecule has 4 aromatic rings. The smallest absolute Gasteiger partial charge is 0.255 e. The molecule has 0 bridgehead atoms. The third kappa shape index (κ3) is 2.66. The monoisotopic (exact) mass is 358 g/mol. The Morgan fingerprint density at radius 3 is 2.81 bits per heavy atom. The molecule has 0 spiro atoms. The number of benzene rings is 2. The van der Waals surface area contributed by atoms with Crippen LogP contribution in [0.2, 0.25) is 0 Å². The molecule has 3 heterocycles. The number of aromatic nitrogens is 3. The van der Waals surface area contributed by atoms with E-state index in [-0.39, 0.29) is 5.56 Å². The van der Waals surface area contributed by atoms with Gasteiger partial charge in [0.1, 0.15) is 5.82 Å². The zero-order valence-electron chi connectivity index (χ0n) is 15.6. The van der Waals surface area contributed by atoms with Gasteiger partial charge >= 0.3 is 0 Å². The standard InChI is InChI=1S/C22H22N4O/c1-14-23-19-9-10-26(13-18(19)22(27)24-14)12-15-7-8-17-16-5-3-4-6-20(16)25(2)21(17)11-15/h3-8,11H,9-10,12-13H2,1-2H3,(H,23,24,27). The molecule has 5 rings (SSSR count). The summed E-state index contributed by atoms with van der Waals surface area (Å²) in [5.74, 6) is 0.702. The van der Waals surface area contributed by atoms with Crippen LogP contribution in [0.5, 0.6) is 0 Å². The molecule has 0 amide bonds. The second kappa shape index (κ2) is 6.06. The van der Waals surface area contributed by atoms with E-state index in [0.29, 0.717) is 12.4 Å². The summed E-state index contributed by atoms with van der Waals surface area (Å²) in [6.07, 6.45) is 0.830. The van der Waals surface area contributed by atoms with E-state index in [2.05, 4.69) is 68.9 Å². The van der Waals surface area contributed by atoms with Crippen LogP contribution >= 0.6 is 0 Å². The summed E-state index contributed by atoms with van der Waals surface area (Å²) < 4.78 is 2.26. The van der Waals surface area contributed by atoms with E-state index in [4.69, 9.17) is 0 Å². The molecular weight excluding hydrogens is 336 g/mol. The molecule has 0 aliphatic carbocycles. The minimum absolute atomic E-state index is 0.00587. The van der Waals surface area contributed by atoms with Crippen LogP contribution in [0.1, 0.15) is 22.6 Å². The van der Waals surface area contributed by atoms with Gasteiger partial charge in [0.05, 0.1) is 11.3 Å². The molecule has 1 aliphatic heterocycles. The van der Waals surface area contributed by atoms with Crippen molar-refractivity contribution in [3.8, 4) is 0 Å². The lowest BCUT2D eigenvalue weighted by atomic mass is 10.1. The third-order valence-corrected chi connectivity index (χ3v) is 5.65. The first kappa shape index (κ1) is 16.3. The number of aryl methyl sites for hydroxylation is 2. The lowest BCUT2D eigenvalue weighted by Crippen LogP contribution is -2.35. The molecule has 1 N–H and O–H groups in total. The van der Waals surface area contributed by atoms with Gasteiger partial charge in [-0.2, -0.15) is 0 Å². The fraction of sp³-hybridized carbons (Fsp3) is 0.273. The molecule has 0 fully saturated rings. The van der Waals surface area contributed by atoms with Gasteiger partial charge in [-0.3, -0.25) is 9.69 Å². The van der Waals surface area contributed by atoms with E-state index < -0.39 is 0 Å². The van der Waals surface area contributed by atoms with Crippen LogP contribution in [-0.4, -0.2) is 26.0 Å². The molecule has 2 aromatic carbocycles. The van der Waals surface area contributed by atoms with Gasteiger partial charge in [0.25, 0.3) is 5.56 Å². The summed E-state index contributed by atoms with van der Waals surface area (Å²) in [6, 6.07) is 15.2. The van der Waals surface area contributed by atoms with Gasteiger partial charge in [-0.15, -0.1) is 0 Å². The minimum Gasteiger partial charge on any atom is -0.344 e. The van der Waals surface area contributed by atoms with Crippen LogP contribution < -0.4 is 5.56 Å². The first-order valence-corrected chi connectivity index (χ1v) is 9.37. The number of hydrogen-bond acceptors (Lipinski definition) is 3. The number of rotatable bonds is 2. The molecular formula is C22H22N4O. The lowest BCUT2D eigenvalue weighted by molar-refractivity contribution is 0.241. The molecule has 5 heteroatoms. The number of para-hydroxylation sites is 1. The van der Waals surface area contributed by atoms with Crippen molar-refractivity contribution in [1.82, 2.24) is 19.4 Å². The maximum absolute atomic E-state index is 12.3. The fourth-order valence-corrected chi connectivity index (χ4v) is 4.30. The van der Waals surface area contributed by atoms with Crippen molar-refractivity contribution >= 4 is 21.8 Å². The van der Waals surface area contributed by atoms with Gasteiger partial charge in [0.15, 0.2) is 0 Å². The number of aromatic amines is 1. The zero-order chi connectivity index (χ0) is 18.5. The number of nitrogens with one attached hydrogen (secondary N) is 1. The van der Waals surface area contributed by atoms with E-state index in [1.165, 1.54) is 27.4 Å². The Kier molecular flexibility index (Phi) is 3.65. The first-order chi connectivity index (χ1) is 13.1. The lowest BCUT2D eigenvalue weighted by Gasteiger charge is -2.27. The molecule has 0 unspecified atom stereocenters. The second-order valence-corrected chi connectivity index (χ2v) is 7.46. The van der Waals surface area contributed by atoms with Crippen LogP contribution in [0.3, 0.4) is 0 Å². The number of H-pyrrole nitrogens is 1. The van der Waals surface area contributed by atoms with E-state index in [1.807, 2.05) is 6.92 Å². The van der Waals surface area contributed by atoms with E-state index in [0.717, 1.165) is 30.8 Å². The predicted molar refractivity (Wildman–Crippen MR) is 108 cm³/mol. The highest BCUT2D eigenvalue weighted by molar-refractivity contribution is 6.08. The van der Waals surface area contributed by atoms with Crippen molar-refractivity contribution in [3.63, 3.8) is 0 Å². The van der Waals surface area contributed by atoms with Gasteiger partial charge in [0.2, 0.25) is 0 Å². The molecule has 27 heavy (non-hydrogen) atoms. The Balaban J connectivity index is 1.47. The number of fused-ring (bicyclic) bond motifs is 4. The van der Waals surface area contributed by atoms with Gasteiger partial charge in [-0.25, -0.2) is 4.98 Å². The third-order valence-electron chi connectivity index (χ3n) is 5.65. The summed E-state index contributed by atoms with van der Waals surface area (Å²) in [7, 11) is 2.12. The average molecular weight is 358 g/mol. The van der Waals surface area contributed by atoms with Crippen LogP contribution in [0.25, 0.3) is 21.8 Å². The summed E-state index contributed by atoms with van der Waals surface area (Å²) in [5, 5.41) is 2.58. The second-order valence-electron chi connectivity index (χ2n) is 7.46. The van der Waals surface area contributed by atoms with Crippen LogP contribution in [-0.2, 0) is 26.6 Å². The quantitative estimate of drug-likeness (QED) is 0.598. The van der Waals surface area contributed by atoms with Crippen molar-refractivity contribution in [2.45, 2.75) is 26.4 Å². The van der Waals surface area contributed by atoms with E-state index >= 15 is 0 Å². The maximum atomic E-state index is 12.3. The molecule has 0 radical (unpaired) electrons. The predicted octanol–water partition coefficient (Wildman–Crippen LogP) is 3.28. The van der Waals surface area contributed by atoms with Gasteiger partial charge in [-0.05, 0) is 24.6 Å². The Morgan fingerprint density at radius 1 is 1.11 bits per heavy atom. The van der Waals surface area contributed by atoms with Crippen molar-refractivity contribution < 1.29 is 0 Å². The van der Waals surface area contributed by atoms with Gasteiger partial charge < -0.3 is 9.55 Å². The Bertz CT molecular complexity index is 1230. The molecule has 1 aliphatic rings. The molecule has 0 saturated heterocycles. The van der Waals surface area contributed by atoms with Gasteiger partial charge in [0, 0.05) is 54.9 Å². The Hall–Kier alpha value is -2.92. The summed E-state index contributed by atoms with van der Waals surface area (Å²) in [5.41, 5.74) is 5.56. The van der Waals surface area contributed by atoms with E-state index in [1.54, 1.807) is 0 Å². The van der Waals surface area contributed by atoms with Crippen LogP contribution in [0.15, 0.2) is 47.3 Å². The highest BCUT2D eigenvalue weighted by atomic mass is 16.1. The van der Waals surface area contributed by atoms with Crippen LogP contribution in [0.4, 0.5) is 0 Å². The van der Waals surface area contributed by atoms with Crippen molar-refractivity contribution in [1.29, 1.82) is 0 Å². The Labute approximate surface area is 157 Å². The molecule has 0 atom stereocenters. The fourth-order valence-electron chi connectivity index (χ4n) is 4.30. The first-order valence-electron chi connectivity index (χ1n) is 9.37. The molecule has 136 valence electrons. The molecule has 5 nitrogen and oxygen atoms in total. The number of nitrogens with zero attached hydrogens (tertiary/aromatic N) is 3. The maximum Gasteiger partial charge on any atom is 0.255 e. The van der Waals surface area contributed by atoms with E-state index in [9.17, 15) is 4.79 Å². The minimum atomic E-state index is 0.00587. The highest BCUT2D eigenvalue weighted by Crippen LogP contribution is 2.29. The van der Waals surface area contributed by atoms with Crippen molar-refractivity contribution in [2.24, 2.45) is 7.05 Å². The Morgan fingerprint density at radius 2 is 1.93 bits per heavy atom. The summed E-state index contributed by atoms with van der Waals surface area (Å²) in [4.78, 5) is 21.9. The normalized spacial score (nSPS) is 14.7. The largest absolute Gasteiger partial charge is 0.344 e. The highest BCUT2D eigenvalue weighted by Gasteiger charge is 2.21.